The average molecular weight is 266 g/mol. The molecule has 2 heterocycles. The summed E-state index contributed by atoms with van der Waals surface area (Å²) >= 11 is 6.14. The zero-order valence-corrected chi connectivity index (χ0v) is 11.4. The molecule has 2 rings (SSSR count). The lowest BCUT2D eigenvalue weighted by Gasteiger charge is -2.21. The zero-order valence-electron chi connectivity index (χ0n) is 10.7. The maximum atomic E-state index is 6.14. The van der Waals surface area contributed by atoms with Gasteiger partial charge in [0.25, 0.3) is 0 Å². The van der Waals surface area contributed by atoms with Crippen molar-refractivity contribution in [2.75, 3.05) is 0 Å². The van der Waals surface area contributed by atoms with Gasteiger partial charge in [-0.2, -0.15) is 5.10 Å². The first-order valence-corrected chi connectivity index (χ1v) is 6.08. The van der Waals surface area contributed by atoms with Crippen molar-refractivity contribution in [1.29, 1.82) is 0 Å². The van der Waals surface area contributed by atoms with Crippen molar-refractivity contribution >= 4 is 11.6 Å². The molecule has 0 aliphatic carbocycles. The minimum Gasteiger partial charge on any atom is -0.308 e. The number of hydrogen-bond donors (Lipinski definition) is 1. The van der Waals surface area contributed by atoms with Crippen LogP contribution in [0.2, 0.25) is 5.02 Å². The minimum atomic E-state index is 0.0417. The summed E-state index contributed by atoms with van der Waals surface area (Å²) in [6, 6.07) is 1.91. The number of rotatable bonds is 3. The van der Waals surface area contributed by atoms with Gasteiger partial charge in [0.15, 0.2) is 5.82 Å². The van der Waals surface area contributed by atoms with Crippen LogP contribution in [0.15, 0.2) is 24.9 Å². The van der Waals surface area contributed by atoms with Crippen LogP contribution in [-0.4, -0.2) is 25.3 Å². The Kier molecular flexibility index (Phi) is 3.63. The Morgan fingerprint density at radius 2 is 2.17 bits per heavy atom. The third kappa shape index (κ3) is 3.27. The Morgan fingerprint density at radius 1 is 1.39 bits per heavy atom. The van der Waals surface area contributed by atoms with Gasteiger partial charge in [-0.25, -0.2) is 14.6 Å². The lowest BCUT2D eigenvalue weighted by atomic mass is 10.1. The van der Waals surface area contributed by atoms with Crippen molar-refractivity contribution < 1.29 is 0 Å². The molecule has 0 unspecified atom stereocenters. The van der Waals surface area contributed by atoms with Gasteiger partial charge >= 0.3 is 0 Å². The van der Waals surface area contributed by atoms with Crippen LogP contribution < -0.4 is 5.32 Å². The Balaban J connectivity index is 2.22. The van der Waals surface area contributed by atoms with Gasteiger partial charge in [0, 0.05) is 18.3 Å². The molecule has 0 radical (unpaired) electrons. The van der Waals surface area contributed by atoms with E-state index < -0.39 is 0 Å². The lowest BCUT2D eigenvalue weighted by molar-refractivity contribution is 0.424. The van der Waals surface area contributed by atoms with E-state index in [1.54, 1.807) is 17.2 Å². The monoisotopic (exact) mass is 265 g/mol. The lowest BCUT2D eigenvalue weighted by Crippen LogP contribution is -2.35. The second kappa shape index (κ2) is 5.04. The van der Waals surface area contributed by atoms with Crippen LogP contribution in [0, 0.1) is 0 Å². The number of aromatic nitrogens is 4. The fourth-order valence-electron chi connectivity index (χ4n) is 1.42. The van der Waals surface area contributed by atoms with E-state index in [9.17, 15) is 0 Å². The second-order valence-electron chi connectivity index (χ2n) is 5.08. The quantitative estimate of drug-likeness (QED) is 0.924. The molecule has 0 atom stereocenters. The highest BCUT2D eigenvalue weighted by atomic mass is 35.5. The molecule has 0 aliphatic rings. The fraction of sp³-hybridized carbons (Fsp3) is 0.417. The van der Waals surface area contributed by atoms with E-state index >= 15 is 0 Å². The van der Waals surface area contributed by atoms with Crippen LogP contribution in [0.3, 0.4) is 0 Å². The molecule has 0 spiro atoms. The van der Waals surface area contributed by atoms with Crippen LogP contribution in [-0.2, 0) is 6.54 Å². The molecule has 1 N–H and O–H groups in total. The molecule has 2 aromatic heterocycles. The molecule has 5 nitrogen and oxygen atoms in total. The molecule has 96 valence electrons. The maximum Gasteiger partial charge on any atom is 0.155 e. The van der Waals surface area contributed by atoms with E-state index in [-0.39, 0.29) is 5.54 Å². The third-order valence-corrected chi connectivity index (χ3v) is 2.72. The molecule has 0 amide bonds. The Hall–Kier alpha value is -1.46. The standard InChI is InChI=1S/C12H16ClN5/c1-12(2,3)16-5-9-4-11(15-6-10(9)13)18-8-14-7-17-18/h4,6-8,16H,5H2,1-3H3. The first-order chi connectivity index (χ1) is 8.46. The largest absolute Gasteiger partial charge is 0.308 e. The summed E-state index contributed by atoms with van der Waals surface area (Å²) in [4.78, 5) is 8.13. The number of pyridine rings is 1. The number of nitrogens with one attached hydrogen (secondary N) is 1. The summed E-state index contributed by atoms with van der Waals surface area (Å²) in [5, 5.41) is 8.09. The second-order valence-corrected chi connectivity index (χ2v) is 5.48. The van der Waals surface area contributed by atoms with Crippen molar-refractivity contribution in [3.63, 3.8) is 0 Å². The Labute approximate surface area is 111 Å². The average Bonchev–Trinajstić information content (AvgIpc) is 2.80. The highest BCUT2D eigenvalue weighted by molar-refractivity contribution is 6.31. The molecule has 2 aromatic rings. The van der Waals surface area contributed by atoms with Crippen LogP contribution >= 0.6 is 11.6 Å². The van der Waals surface area contributed by atoms with Gasteiger partial charge in [-0.15, -0.1) is 0 Å². The number of halogens is 1. The van der Waals surface area contributed by atoms with Gasteiger partial charge < -0.3 is 5.32 Å². The zero-order chi connectivity index (χ0) is 13.2. The summed E-state index contributed by atoms with van der Waals surface area (Å²) in [5.41, 5.74) is 1.03. The number of hydrogen-bond acceptors (Lipinski definition) is 4. The van der Waals surface area contributed by atoms with E-state index in [4.69, 9.17) is 11.6 Å². The van der Waals surface area contributed by atoms with Crippen LogP contribution in [0.25, 0.3) is 5.82 Å². The fourth-order valence-corrected chi connectivity index (χ4v) is 1.59. The highest BCUT2D eigenvalue weighted by Crippen LogP contribution is 2.17. The molecule has 0 bridgehead atoms. The van der Waals surface area contributed by atoms with Crippen molar-refractivity contribution in [1.82, 2.24) is 25.1 Å². The SMILES string of the molecule is CC(C)(C)NCc1cc(-n2cncn2)ncc1Cl. The Bertz CT molecular complexity index is 516. The molecular weight excluding hydrogens is 250 g/mol. The molecule has 0 saturated carbocycles. The first kappa shape index (κ1) is 13.0. The number of nitrogens with zero attached hydrogens (tertiary/aromatic N) is 4. The maximum absolute atomic E-state index is 6.14. The summed E-state index contributed by atoms with van der Waals surface area (Å²) in [7, 11) is 0. The molecule has 6 heteroatoms. The highest BCUT2D eigenvalue weighted by Gasteiger charge is 2.11. The van der Waals surface area contributed by atoms with Crippen molar-refractivity contribution in [2.24, 2.45) is 0 Å². The van der Waals surface area contributed by atoms with Crippen LogP contribution in [0.1, 0.15) is 26.3 Å². The van der Waals surface area contributed by atoms with Gasteiger partial charge in [0.05, 0.1) is 5.02 Å². The van der Waals surface area contributed by atoms with Crippen LogP contribution in [0.4, 0.5) is 0 Å². The molecular formula is C12H16ClN5. The van der Waals surface area contributed by atoms with E-state index in [0.717, 1.165) is 5.56 Å². The third-order valence-electron chi connectivity index (χ3n) is 2.38. The summed E-state index contributed by atoms with van der Waals surface area (Å²) in [6.07, 6.45) is 4.72. The minimum absolute atomic E-state index is 0.0417. The summed E-state index contributed by atoms with van der Waals surface area (Å²) in [6.45, 7) is 7.02. The normalized spacial score (nSPS) is 11.8. The molecule has 0 aromatic carbocycles. The predicted octanol–water partition coefficient (Wildman–Crippen LogP) is 2.20. The molecule has 0 fully saturated rings. The first-order valence-electron chi connectivity index (χ1n) is 5.70. The van der Waals surface area contributed by atoms with Crippen molar-refractivity contribution in [3.8, 4) is 5.82 Å². The predicted molar refractivity (Wildman–Crippen MR) is 70.8 cm³/mol. The van der Waals surface area contributed by atoms with Gasteiger partial charge in [0.1, 0.15) is 12.7 Å². The molecule has 0 saturated heterocycles. The smallest absolute Gasteiger partial charge is 0.155 e. The van der Waals surface area contributed by atoms with E-state index in [2.05, 4.69) is 41.2 Å². The van der Waals surface area contributed by atoms with Crippen LogP contribution in [0.5, 0.6) is 0 Å². The van der Waals surface area contributed by atoms with E-state index in [1.807, 2.05) is 6.07 Å². The van der Waals surface area contributed by atoms with Gasteiger partial charge in [-0.1, -0.05) is 11.6 Å². The van der Waals surface area contributed by atoms with Crippen molar-refractivity contribution in [2.45, 2.75) is 32.9 Å². The topological polar surface area (TPSA) is 55.6 Å². The summed E-state index contributed by atoms with van der Waals surface area (Å²) in [5.74, 6) is 0.711. The Morgan fingerprint density at radius 3 is 2.78 bits per heavy atom. The molecule has 18 heavy (non-hydrogen) atoms. The van der Waals surface area contributed by atoms with Gasteiger partial charge in [-0.3, -0.25) is 0 Å². The summed E-state index contributed by atoms with van der Waals surface area (Å²) < 4.78 is 1.61. The van der Waals surface area contributed by atoms with Crippen molar-refractivity contribution in [3.05, 3.63) is 35.5 Å². The van der Waals surface area contributed by atoms with E-state index in [1.165, 1.54) is 6.33 Å². The van der Waals surface area contributed by atoms with Gasteiger partial charge in [0.2, 0.25) is 0 Å². The molecule has 0 aliphatic heterocycles. The van der Waals surface area contributed by atoms with E-state index in [0.29, 0.717) is 17.4 Å². The van der Waals surface area contributed by atoms with Gasteiger partial charge in [-0.05, 0) is 32.4 Å².